The number of thiophene rings is 1. The molecule has 5 heteroatoms. The van der Waals surface area contributed by atoms with Gasteiger partial charge in [-0.15, -0.1) is 11.3 Å². The molecule has 3 heterocycles. The molecule has 2 aromatic carbocycles. The van der Waals surface area contributed by atoms with E-state index in [4.69, 9.17) is 4.74 Å². The smallest absolute Gasteiger partial charge is 0.234 e. The molecule has 4 nitrogen and oxygen atoms in total. The van der Waals surface area contributed by atoms with Crippen LogP contribution in [0, 0.1) is 0 Å². The number of hydrogen-bond acceptors (Lipinski definition) is 4. The summed E-state index contributed by atoms with van der Waals surface area (Å²) in [5, 5.41) is 2.09. The molecule has 0 aliphatic carbocycles. The molecule has 5 rings (SSSR count). The summed E-state index contributed by atoms with van der Waals surface area (Å²) in [6.07, 6.45) is 1.56. The van der Waals surface area contributed by atoms with Crippen molar-refractivity contribution in [1.29, 1.82) is 0 Å². The standard InChI is InChI=1S/C27H30N2O2S/c30-26(27(13-19-31-20-14-27)24-12-7-21-32-24)29-17-15-28(16-18-29)25(22-8-3-1-4-9-22)23-10-5-2-6-11-23/h1-12,21,25H,13-20H2. The second-order valence-corrected chi connectivity index (χ2v) is 9.67. The SMILES string of the molecule is O=C(N1CCN(C(c2ccccc2)c2ccccc2)CC1)C1(c2cccs2)CCOCC1. The molecule has 0 radical (unpaired) electrons. The predicted octanol–water partition coefficient (Wildman–Crippen LogP) is 4.73. The van der Waals surface area contributed by atoms with Crippen LogP contribution in [-0.4, -0.2) is 55.1 Å². The summed E-state index contributed by atoms with van der Waals surface area (Å²) < 4.78 is 5.63. The van der Waals surface area contributed by atoms with E-state index in [0.29, 0.717) is 19.1 Å². The monoisotopic (exact) mass is 446 g/mol. The van der Waals surface area contributed by atoms with Gasteiger partial charge in [0.1, 0.15) is 0 Å². The Kier molecular flexibility index (Phi) is 6.39. The van der Waals surface area contributed by atoms with E-state index in [1.165, 1.54) is 16.0 Å². The zero-order valence-corrected chi connectivity index (χ0v) is 19.2. The van der Waals surface area contributed by atoms with Gasteiger partial charge in [-0.05, 0) is 35.4 Å². The Morgan fingerprint density at radius 2 is 1.41 bits per heavy atom. The van der Waals surface area contributed by atoms with Gasteiger partial charge in [-0.1, -0.05) is 66.7 Å². The van der Waals surface area contributed by atoms with E-state index >= 15 is 0 Å². The zero-order valence-electron chi connectivity index (χ0n) is 18.4. The van der Waals surface area contributed by atoms with Gasteiger partial charge >= 0.3 is 0 Å². The Bertz CT molecular complexity index is 953. The molecule has 0 N–H and O–H groups in total. The number of amides is 1. The summed E-state index contributed by atoms with van der Waals surface area (Å²) >= 11 is 1.71. The van der Waals surface area contributed by atoms with Crippen LogP contribution < -0.4 is 0 Å². The molecule has 3 aromatic rings. The van der Waals surface area contributed by atoms with E-state index in [2.05, 4.69) is 88.0 Å². The second-order valence-electron chi connectivity index (χ2n) is 8.72. The minimum Gasteiger partial charge on any atom is -0.381 e. The van der Waals surface area contributed by atoms with Crippen LogP contribution in [-0.2, 0) is 14.9 Å². The van der Waals surface area contributed by atoms with Crippen LogP contribution in [0.1, 0.15) is 34.9 Å². The van der Waals surface area contributed by atoms with Crippen LogP contribution in [0.5, 0.6) is 0 Å². The Labute approximate surface area is 194 Å². The van der Waals surface area contributed by atoms with Gasteiger partial charge in [-0.3, -0.25) is 9.69 Å². The molecule has 32 heavy (non-hydrogen) atoms. The largest absolute Gasteiger partial charge is 0.381 e. The van der Waals surface area contributed by atoms with Crippen LogP contribution in [0.3, 0.4) is 0 Å². The van der Waals surface area contributed by atoms with Crippen molar-refractivity contribution in [3.05, 3.63) is 94.2 Å². The maximum atomic E-state index is 13.8. The van der Waals surface area contributed by atoms with Crippen LogP contribution in [0.25, 0.3) is 0 Å². The molecular weight excluding hydrogens is 416 g/mol. The summed E-state index contributed by atoms with van der Waals surface area (Å²) in [7, 11) is 0. The summed E-state index contributed by atoms with van der Waals surface area (Å²) in [6.45, 7) is 4.60. The fourth-order valence-corrected chi connectivity index (χ4v) is 6.18. The number of benzene rings is 2. The van der Waals surface area contributed by atoms with Gasteiger partial charge in [-0.25, -0.2) is 0 Å². The number of nitrogens with zero attached hydrogens (tertiary/aromatic N) is 2. The van der Waals surface area contributed by atoms with Crippen LogP contribution in [0.15, 0.2) is 78.2 Å². The first-order chi connectivity index (χ1) is 15.8. The minimum absolute atomic E-state index is 0.212. The molecule has 2 aliphatic heterocycles. The summed E-state index contributed by atoms with van der Waals surface area (Å²) in [4.78, 5) is 19.7. The highest BCUT2D eigenvalue weighted by Crippen LogP contribution is 2.40. The van der Waals surface area contributed by atoms with Crippen molar-refractivity contribution in [3.8, 4) is 0 Å². The molecule has 0 unspecified atom stereocenters. The quantitative estimate of drug-likeness (QED) is 0.568. The Hall–Kier alpha value is -2.47. The number of carbonyl (C=O) groups is 1. The predicted molar refractivity (Wildman–Crippen MR) is 129 cm³/mol. The van der Waals surface area contributed by atoms with Crippen molar-refractivity contribution >= 4 is 17.2 Å². The van der Waals surface area contributed by atoms with Crippen molar-refractivity contribution in [3.63, 3.8) is 0 Å². The molecule has 0 saturated carbocycles. The highest BCUT2D eigenvalue weighted by Gasteiger charge is 2.45. The van der Waals surface area contributed by atoms with E-state index in [-0.39, 0.29) is 6.04 Å². The first-order valence-electron chi connectivity index (χ1n) is 11.5. The lowest BCUT2D eigenvalue weighted by Crippen LogP contribution is -2.56. The Morgan fingerprint density at radius 3 is 1.94 bits per heavy atom. The van der Waals surface area contributed by atoms with Crippen LogP contribution >= 0.6 is 11.3 Å². The maximum Gasteiger partial charge on any atom is 0.234 e. The molecule has 2 fully saturated rings. The first-order valence-corrected chi connectivity index (χ1v) is 12.4. The van der Waals surface area contributed by atoms with Crippen molar-refractivity contribution < 1.29 is 9.53 Å². The van der Waals surface area contributed by atoms with Gasteiger partial charge < -0.3 is 9.64 Å². The molecule has 2 saturated heterocycles. The van der Waals surface area contributed by atoms with Gasteiger partial charge in [0, 0.05) is 44.3 Å². The van der Waals surface area contributed by atoms with Gasteiger partial charge in [0.25, 0.3) is 0 Å². The molecular formula is C27H30N2O2S. The van der Waals surface area contributed by atoms with Gasteiger partial charge in [-0.2, -0.15) is 0 Å². The number of piperazine rings is 1. The lowest BCUT2D eigenvalue weighted by Gasteiger charge is -2.44. The molecule has 2 aliphatic rings. The lowest BCUT2D eigenvalue weighted by molar-refractivity contribution is -0.143. The van der Waals surface area contributed by atoms with Crippen molar-refractivity contribution in [2.75, 3.05) is 39.4 Å². The summed E-state index contributed by atoms with van der Waals surface area (Å²) in [5.41, 5.74) is 2.20. The maximum absolute atomic E-state index is 13.8. The third kappa shape index (κ3) is 4.13. The van der Waals surface area contributed by atoms with E-state index in [1.54, 1.807) is 11.3 Å². The van der Waals surface area contributed by atoms with Crippen LogP contribution in [0.2, 0.25) is 0 Å². The fraction of sp³-hybridized carbons (Fsp3) is 0.370. The topological polar surface area (TPSA) is 32.8 Å². The summed E-state index contributed by atoms with van der Waals surface area (Å²) in [6, 6.07) is 25.8. The number of carbonyl (C=O) groups excluding carboxylic acids is 1. The van der Waals surface area contributed by atoms with Crippen molar-refractivity contribution in [2.24, 2.45) is 0 Å². The van der Waals surface area contributed by atoms with Gasteiger partial charge in [0.2, 0.25) is 5.91 Å². The highest BCUT2D eigenvalue weighted by atomic mass is 32.1. The lowest BCUT2D eigenvalue weighted by atomic mass is 9.77. The molecule has 0 spiro atoms. The van der Waals surface area contributed by atoms with Crippen molar-refractivity contribution in [1.82, 2.24) is 9.80 Å². The third-order valence-electron chi connectivity index (χ3n) is 6.95. The normalized spacial score (nSPS) is 19.2. The van der Waals surface area contributed by atoms with E-state index in [0.717, 1.165) is 39.0 Å². The van der Waals surface area contributed by atoms with Gasteiger partial charge in [0.15, 0.2) is 0 Å². The summed E-state index contributed by atoms with van der Waals surface area (Å²) in [5.74, 6) is 0.291. The highest BCUT2D eigenvalue weighted by molar-refractivity contribution is 7.10. The van der Waals surface area contributed by atoms with E-state index in [9.17, 15) is 4.79 Å². The average molecular weight is 447 g/mol. The first kappa shape index (κ1) is 21.4. The third-order valence-corrected chi connectivity index (χ3v) is 8.02. The molecule has 1 amide bonds. The fourth-order valence-electron chi connectivity index (χ4n) is 5.21. The zero-order chi connectivity index (χ0) is 21.8. The van der Waals surface area contributed by atoms with E-state index < -0.39 is 5.41 Å². The second kappa shape index (κ2) is 9.57. The van der Waals surface area contributed by atoms with E-state index in [1.807, 2.05) is 0 Å². The number of rotatable bonds is 5. The molecule has 0 atom stereocenters. The number of ether oxygens (including phenoxy) is 1. The molecule has 1 aromatic heterocycles. The Balaban J connectivity index is 1.35. The average Bonchev–Trinajstić information content (AvgIpc) is 3.42. The molecule has 166 valence electrons. The minimum atomic E-state index is -0.410. The Morgan fingerprint density at radius 1 is 0.812 bits per heavy atom. The van der Waals surface area contributed by atoms with Crippen molar-refractivity contribution in [2.45, 2.75) is 24.3 Å². The van der Waals surface area contributed by atoms with Gasteiger partial charge in [0.05, 0.1) is 11.5 Å². The van der Waals surface area contributed by atoms with Crippen LogP contribution in [0.4, 0.5) is 0 Å². The molecule has 0 bridgehead atoms. The number of hydrogen-bond donors (Lipinski definition) is 0.